The van der Waals surface area contributed by atoms with Gasteiger partial charge in [0.1, 0.15) is 11.5 Å². The van der Waals surface area contributed by atoms with Gasteiger partial charge in [0, 0.05) is 18.7 Å². The Labute approximate surface area is 178 Å². The molecule has 0 unspecified atom stereocenters. The number of nitrogens with zero attached hydrogens (tertiary/aromatic N) is 1. The summed E-state index contributed by atoms with van der Waals surface area (Å²) >= 11 is 0. The highest BCUT2D eigenvalue weighted by Crippen LogP contribution is 2.38. The number of carbonyl (C=O) groups excluding carboxylic acids is 2. The van der Waals surface area contributed by atoms with E-state index in [1.54, 1.807) is 18.7 Å². The molecule has 6 heteroatoms. The molecule has 0 bridgehead atoms. The van der Waals surface area contributed by atoms with Gasteiger partial charge in [-0.2, -0.15) is 0 Å². The molecule has 3 rings (SSSR count). The summed E-state index contributed by atoms with van der Waals surface area (Å²) in [6, 6.07) is 13.0. The summed E-state index contributed by atoms with van der Waals surface area (Å²) in [4.78, 5) is 27.0. The van der Waals surface area contributed by atoms with Gasteiger partial charge < -0.3 is 19.7 Å². The van der Waals surface area contributed by atoms with Gasteiger partial charge >= 0.3 is 0 Å². The fourth-order valence-corrected chi connectivity index (χ4v) is 3.23. The van der Waals surface area contributed by atoms with Crippen molar-refractivity contribution in [2.24, 2.45) is 5.92 Å². The van der Waals surface area contributed by atoms with Gasteiger partial charge in [-0.3, -0.25) is 9.59 Å². The summed E-state index contributed by atoms with van der Waals surface area (Å²) in [5, 5.41) is 2.88. The topological polar surface area (TPSA) is 67.9 Å². The van der Waals surface area contributed by atoms with Crippen LogP contribution in [0.1, 0.15) is 39.7 Å². The van der Waals surface area contributed by atoms with Crippen molar-refractivity contribution in [1.29, 1.82) is 0 Å². The molecule has 2 aromatic rings. The van der Waals surface area contributed by atoms with Gasteiger partial charge in [-0.05, 0) is 68.7 Å². The second-order valence-corrected chi connectivity index (χ2v) is 8.57. The number of fused-ring (bicyclic) bond motifs is 1. The van der Waals surface area contributed by atoms with Crippen LogP contribution in [0.5, 0.6) is 11.5 Å². The minimum atomic E-state index is -0.968. The first-order valence-electron chi connectivity index (χ1n) is 10.3. The van der Waals surface area contributed by atoms with Crippen LogP contribution < -0.4 is 19.7 Å². The minimum Gasteiger partial charge on any atom is -0.493 e. The summed E-state index contributed by atoms with van der Waals surface area (Å²) in [6.07, 6.45) is 0.181. The van der Waals surface area contributed by atoms with Crippen LogP contribution in [0, 0.1) is 12.8 Å². The monoisotopic (exact) mass is 410 g/mol. The van der Waals surface area contributed by atoms with Crippen molar-refractivity contribution in [2.75, 3.05) is 23.4 Å². The fourth-order valence-electron chi connectivity index (χ4n) is 3.23. The molecule has 6 nitrogen and oxygen atoms in total. The molecule has 160 valence electrons. The van der Waals surface area contributed by atoms with Crippen molar-refractivity contribution in [2.45, 2.75) is 46.6 Å². The fraction of sp³-hybridized carbons (Fsp3) is 0.417. The number of nitrogens with one attached hydrogen (secondary N) is 1. The molecule has 30 heavy (non-hydrogen) atoms. The van der Waals surface area contributed by atoms with E-state index in [-0.39, 0.29) is 24.8 Å². The van der Waals surface area contributed by atoms with Crippen molar-refractivity contribution in [3.05, 3.63) is 48.0 Å². The van der Waals surface area contributed by atoms with Gasteiger partial charge in [-0.1, -0.05) is 19.9 Å². The first-order valence-corrected chi connectivity index (χ1v) is 10.3. The summed E-state index contributed by atoms with van der Waals surface area (Å²) < 4.78 is 11.5. The summed E-state index contributed by atoms with van der Waals surface area (Å²) in [7, 11) is 0. The smallest absolute Gasteiger partial charge is 0.270 e. The van der Waals surface area contributed by atoms with Crippen LogP contribution in [-0.2, 0) is 9.59 Å². The number of anilines is 2. The number of aryl methyl sites for hydroxylation is 1. The molecule has 1 aliphatic rings. The SMILES string of the molecule is Cc1ccc2c(c1)N(CCC(=O)Nc1ccc(OCC(C)C)cc1)C(=O)C(C)(C)O2. The molecule has 0 aromatic heterocycles. The van der Waals surface area contributed by atoms with E-state index < -0.39 is 5.60 Å². The number of amides is 2. The molecule has 2 amide bonds. The summed E-state index contributed by atoms with van der Waals surface area (Å²) in [5.74, 6) is 1.57. The standard InChI is InChI=1S/C24H30N2O4/c1-16(2)15-29-19-9-7-18(8-10-19)25-22(27)12-13-26-20-14-17(3)6-11-21(20)30-24(4,5)23(26)28/h6-11,14,16H,12-13,15H2,1-5H3,(H,25,27). The van der Waals surface area contributed by atoms with Gasteiger partial charge in [0.05, 0.1) is 12.3 Å². The van der Waals surface area contributed by atoms with E-state index in [0.29, 0.717) is 29.6 Å². The van der Waals surface area contributed by atoms with Crippen molar-refractivity contribution in [1.82, 2.24) is 0 Å². The van der Waals surface area contributed by atoms with Gasteiger partial charge in [-0.15, -0.1) is 0 Å². The van der Waals surface area contributed by atoms with Crippen LogP contribution in [-0.4, -0.2) is 30.6 Å². The predicted molar refractivity (Wildman–Crippen MR) is 118 cm³/mol. The number of benzene rings is 2. The Morgan fingerprint density at radius 2 is 1.87 bits per heavy atom. The van der Waals surface area contributed by atoms with Gasteiger partial charge in [-0.25, -0.2) is 0 Å². The maximum absolute atomic E-state index is 12.9. The van der Waals surface area contributed by atoms with E-state index in [2.05, 4.69) is 19.2 Å². The highest BCUT2D eigenvalue weighted by molar-refractivity contribution is 6.03. The maximum Gasteiger partial charge on any atom is 0.270 e. The third-order valence-electron chi connectivity index (χ3n) is 4.81. The minimum absolute atomic E-state index is 0.153. The molecule has 0 saturated carbocycles. The Bertz CT molecular complexity index is 919. The maximum atomic E-state index is 12.9. The molecule has 0 fully saturated rings. The predicted octanol–water partition coefficient (Wildman–Crippen LogP) is 4.56. The number of hydrogen-bond acceptors (Lipinski definition) is 4. The Morgan fingerprint density at radius 1 is 1.17 bits per heavy atom. The summed E-state index contributed by atoms with van der Waals surface area (Å²) in [6.45, 7) is 10.6. The molecule has 1 N–H and O–H groups in total. The lowest BCUT2D eigenvalue weighted by atomic mass is 10.0. The molecule has 1 aliphatic heterocycles. The van der Waals surface area contributed by atoms with Crippen molar-refractivity contribution >= 4 is 23.2 Å². The lowest BCUT2D eigenvalue weighted by molar-refractivity contribution is -0.132. The van der Waals surface area contributed by atoms with Crippen LogP contribution in [0.2, 0.25) is 0 Å². The highest BCUT2D eigenvalue weighted by atomic mass is 16.5. The van der Waals surface area contributed by atoms with E-state index in [4.69, 9.17) is 9.47 Å². The van der Waals surface area contributed by atoms with Crippen molar-refractivity contribution in [3.8, 4) is 11.5 Å². The second-order valence-electron chi connectivity index (χ2n) is 8.57. The highest BCUT2D eigenvalue weighted by Gasteiger charge is 2.40. The van der Waals surface area contributed by atoms with Crippen LogP contribution in [0.15, 0.2) is 42.5 Å². The first kappa shape index (κ1) is 21.7. The van der Waals surface area contributed by atoms with Crippen molar-refractivity contribution in [3.63, 3.8) is 0 Å². The Kier molecular flexibility index (Phi) is 6.34. The average Bonchev–Trinajstić information content (AvgIpc) is 2.68. The zero-order valence-corrected chi connectivity index (χ0v) is 18.3. The first-order chi connectivity index (χ1) is 14.2. The largest absolute Gasteiger partial charge is 0.493 e. The molecule has 0 radical (unpaired) electrons. The van der Waals surface area contributed by atoms with Crippen molar-refractivity contribution < 1.29 is 19.1 Å². The van der Waals surface area contributed by atoms with Crippen LogP contribution >= 0.6 is 0 Å². The van der Waals surface area contributed by atoms with Crippen LogP contribution in [0.4, 0.5) is 11.4 Å². The quantitative estimate of drug-likeness (QED) is 0.726. The van der Waals surface area contributed by atoms with Crippen LogP contribution in [0.3, 0.4) is 0 Å². The Morgan fingerprint density at radius 3 is 2.53 bits per heavy atom. The van der Waals surface area contributed by atoms with E-state index >= 15 is 0 Å². The van der Waals surface area contributed by atoms with E-state index in [0.717, 1.165) is 11.3 Å². The molecule has 0 spiro atoms. The zero-order valence-electron chi connectivity index (χ0n) is 18.3. The Hall–Kier alpha value is -3.02. The summed E-state index contributed by atoms with van der Waals surface area (Å²) in [5.41, 5.74) is 1.46. The third kappa shape index (κ3) is 5.12. The molecule has 0 aliphatic carbocycles. The molecular formula is C24H30N2O4. The molecule has 1 heterocycles. The third-order valence-corrected chi connectivity index (χ3v) is 4.81. The second kappa shape index (κ2) is 8.78. The Balaban J connectivity index is 1.63. The zero-order chi connectivity index (χ0) is 21.9. The molecule has 0 saturated heterocycles. The number of rotatable bonds is 7. The molecule has 2 aromatic carbocycles. The van der Waals surface area contributed by atoms with E-state index in [1.165, 1.54) is 0 Å². The van der Waals surface area contributed by atoms with Gasteiger partial charge in [0.15, 0.2) is 5.60 Å². The lowest BCUT2D eigenvalue weighted by Crippen LogP contribution is -2.53. The normalized spacial score (nSPS) is 14.9. The number of ether oxygens (including phenoxy) is 2. The lowest BCUT2D eigenvalue weighted by Gasteiger charge is -2.38. The molecular weight excluding hydrogens is 380 g/mol. The van der Waals surface area contributed by atoms with E-state index in [9.17, 15) is 9.59 Å². The van der Waals surface area contributed by atoms with Crippen LogP contribution in [0.25, 0.3) is 0 Å². The number of carbonyl (C=O) groups is 2. The van der Waals surface area contributed by atoms with Gasteiger partial charge in [0.25, 0.3) is 5.91 Å². The molecule has 0 atom stereocenters. The van der Waals surface area contributed by atoms with E-state index in [1.807, 2.05) is 49.4 Å². The van der Waals surface area contributed by atoms with Gasteiger partial charge in [0.2, 0.25) is 5.91 Å². The number of hydrogen-bond donors (Lipinski definition) is 1. The average molecular weight is 411 g/mol.